The molecule has 0 aliphatic heterocycles. The minimum atomic E-state index is -0.259. The van der Waals surface area contributed by atoms with E-state index in [1.54, 1.807) is 0 Å². The topological polar surface area (TPSA) is 55.8 Å². The van der Waals surface area contributed by atoms with Crippen LogP contribution in [-0.4, -0.2) is 50.2 Å². The van der Waals surface area contributed by atoms with Gasteiger partial charge >= 0.3 is 11.9 Å². The molecule has 0 amide bonds. The van der Waals surface area contributed by atoms with Crippen LogP contribution in [0, 0.1) is 23.7 Å². The van der Waals surface area contributed by atoms with Crippen molar-refractivity contribution in [2.45, 2.75) is 54.0 Å². The van der Waals surface area contributed by atoms with Gasteiger partial charge in [0.2, 0.25) is 0 Å². The van der Waals surface area contributed by atoms with E-state index in [9.17, 15) is 9.59 Å². The molecule has 0 bridgehead atoms. The molecule has 0 heterocycles. The Balaban J connectivity index is 4.71. The molecule has 0 aromatic heterocycles. The van der Waals surface area contributed by atoms with Crippen molar-refractivity contribution in [2.75, 3.05) is 27.3 Å². The summed E-state index contributed by atoms with van der Waals surface area (Å²) in [6, 6.07) is -0.259. The van der Waals surface area contributed by atoms with E-state index >= 15 is 0 Å². The molecule has 136 valence electrons. The van der Waals surface area contributed by atoms with E-state index in [0.29, 0.717) is 12.5 Å². The highest BCUT2D eigenvalue weighted by atomic mass is 16.5. The molecule has 0 N–H and O–H groups in total. The van der Waals surface area contributed by atoms with Gasteiger partial charge in [0.15, 0.2) is 0 Å². The van der Waals surface area contributed by atoms with Crippen LogP contribution in [0.15, 0.2) is 0 Å². The maximum absolute atomic E-state index is 12.1. The Morgan fingerprint density at radius 1 is 1.04 bits per heavy atom. The van der Waals surface area contributed by atoms with Crippen LogP contribution in [0.5, 0.6) is 0 Å². The molecule has 0 rings (SSSR count). The number of likely N-dealkylation sites (N-methyl/N-ethyl adjacent to an activating group) is 1. The first-order valence-electron chi connectivity index (χ1n) is 8.61. The molecule has 0 aromatic rings. The summed E-state index contributed by atoms with van der Waals surface area (Å²) in [5.41, 5.74) is 0. The number of nitrogens with zero attached hydrogens (tertiary/aromatic N) is 1. The standard InChI is InChI=1S/C18H35NO4/c1-9-23-17(20)15(6)13(4)10-11-19(7)16(18(21)22-8)14(5)12(2)3/h12-16H,9-11H2,1-8H3/t13?,14-,15?,16?/m0/s1. The minimum absolute atomic E-state index is 0.137. The van der Waals surface area contributed by atoms with E-state index in [1.165, 1.54) is 7.11 Å². The first kappa shape index (κ1) is 21.9. The van der Waals surface area contributed by atoms with E-state index < -0.39 is 0 Å². The molecular formula is C18H35NO4. The molecule has 0 aliphatic rings. The highest BCUT2D eigenvalue weighted by Crippen LogP contribution is 2.22. The summed E-state index contributed by atoms with van der Waals surface area (Å²) in [7, 11) is 3.38. The molecule has 0 saturated carbocycles. The Morgan fingerprint density at radius 2 is 1.61 bits per heavy atom. The zero-order valence-corrected chi connectivity index (χ0v) is 16.1. The fraction of sp³-hybridized carbons (Fsp3) is 0.889. The SMILES string of the molecule is CCOC(=O)C(C)C(C)CCN(C)C(C(=O)OC)[C@@H](C)C(C)C. The van der Waals surface area contributed by atoms with E-state index in [2.05, 4.69) is 27.7 Å². The maximum atomic E-state index is 12.1. The predicted octanol–water partition coefficient (Wildman–Crippen LogP) is 2.98. The van der Waals surface area contributed by atoms with Gasteiger partial charge in [-0.3, -0.25) is 14.5 Å². The van der Waals surface area contributed by atoms with Crippen LogP contribution < -0.4 is 0 Å². The van der Waals surface area contributed by atoms with Gasteiger partial charge in [-0.05, 0) is 44.7 Å². The Labute approximate surface area is 141 Å². The lowest BCUT2D eigenvalue weighted by Crippen LogP contribution is -2.46. The van der Waals surface area contributed by atoms with Crippen molar-refractivity contribution < 1.29 is 19.1 Å². The number of methoxy groups -OCH3 is 1. The number of ether oxygens (including phenoxy) is 2. The summed E-state index contributed by atoms with van der Waals surface area (Å²) in [5, 5.41) is 0. The van der Waals surface area contributed by atoms with Crippen LogP contribution in [0.4, 0.5) is 0 Å². The number of carbonyl (C=O) groups is 2. The van der Waals surface area contributed by atoms with Crippen LogP contribution in [0.1, 0.15) is 48.0 Å². The molecule has 23 heavy (non-hydrogen) atoms. The summed E-state index contributed by atoms with van der Waals surface area (Å²) in [6.07, 6.45) is 0.828. The predicted molar refractivity (Wildman–Crippen MR) is 92.0 cm³/mol. The quantitative estimate of drug-likeness (QED) is 0.577. The Kier molecular flexibility index (Phi) is 10.1. The molecule has 4 atom stereocenters. The van der Waals surface area contributed by atoms with Gasteiger partial charge in [-0.2, -0.15) is 0 Å². The first-order chi connectivity index (χ1) is 10.7. The highest BCUT2D eigenvalue weighted by Gasteiger charge is 2.32. The molecule has 5 nitrogen and oxygen atoms in total. The molecular weight excluding hydrogens is 294 g/mol. The molecule has 0 aliphatic carbocycles. The third-order valence-electron chi connectivity index (χ3n) is 4.92. The number of rotatable bonds is 10. The van der Waals surface area contributed by atoms with Crippen molar-refractivity contribution in [1.82, 2.24) is 4.90 Å². The number of hydrogen-bond acceptors (Lipinski definition) is 5. The normalized spacial score (nSPS) is 16.8. The highest BCUT2D eigenvalue weighted by molar-refractivity contribution is 5.76. The van der Waals surface area contributed by atoms with Gasteiger partial charge in [0.1, 0.15) is 6.04 Å². The Morgan fingerprint density at radius 3 is 2.04 bits per heavy atom. The molecule has 0 saturated heterocycles. The monoisotopic (exact) mass is 329 g/mol. The summed E-state index contributed by atoms with van der Waals surface area (Å²) in [6.45, 7) is 13.2. The van der Waals surface area contributed by atoms with Gasteiger partial charge in [-0.15, -0.1) is 0 Å². The number of esters is 2. The zero-order chi connectivity index (χ0) is 18.2. The molecule has 0 radical (unpaired) electrons. The van der Waals surface area contributed by atoms with Crippen LogP contribution in [0.25, 0.3) is 0 Å². The second kappa shape index (κ2) is 10.6. The van der Waals surface area contributed by atoms with Crippen molar-refractivity contribution in [3.63, 3.8) is 0 Å². The summed E-state index contributed by atoms with van der Waals surface area (Å²) < 4.78 is 10.1. The fourth-order valence-corrected chi connectivity index (χ4v) is 2.58. The van der Waals surface area contributed by atoms with Crippen LogP contribution in [0.2, 0.25) is 0 Å². The lowest BCUT2D eigenvalue weighted by Gasteiger charge is -2.33. The average Bonchev–Trinajstić information content (AvgIpc) is 2.51. The molecule has 3 unspecified atom stereocenters. The van der Waals surface area contributed by atoms with Crippen molar-refractivity contribution in [3.05, 3.63) is 0 Å². The Bertz CT molecular complexity index is 370. The minimum Gasteiger partial charge on any atom is -0.468 e. The summed E-state index contributed by atoms with van der Waals surface area (Å²) in [4.78, 5) is 26.0. The van der Waals surface area contributed by atoms with Gasteiger partial charge in [-0.1, -0.05) is 34.6 Å². The second-order valence-corrected chi connectivity index (χ2v) is 6.86. The van der Waals surface area contributed by atoms with Gasteiger partial charge in [0.25, 0.3) is 0 Å². The smallest absolute Gasteiger partial charge is 0.323 e. The summed E-state index contributed by atoms with van der Waals surface area (Å²) in [5.74, 6) is 0.303. The van der Waals surface area contributed by atoms with E-state index in [-0.39, 0.29) is 35.7 Å². The maximum Gasteiger partial charge on any atom is 0.323 e. The van der Waals surface area contributed by atoms with Crippen molar-refractivity contribution in [2.24, 2.45) is 23.7 Å². The molecule has 5 heteroatoms. The van der Waals surface area contributed by atoms with Crippen LogP contribution in [-0.2, 0) is 19.1 Å². The third-order valence-corrected chi connectivity index (χ3v) is 4.92. The van der Waals surface area contributed by atoms with Gasteiger partial charge in [-0.25, -0.2) is 0 Å². The van der Waals surface area contributed by atoms with Crippen molar-refractivity contribution >= 4 is 11.9 Å². The fourth-order valence-electron chi connectivity index (χ4n) is 2.58. The average molecular weight is 329 g/mol. The van der Waals surface area contributed by atoms with Crippen molar-refractivity contribution in [3.8, 4) is 0 Å². The van der Waals surface area contributed by atoms with Crippen molar-refractivity contribution in [1.29, 1.82) is 0 Å². The lowest BCUT2D eigenvalue weighted by atomic mass is 9.88. The first-order valence-corrected chi connectivity index (χ1v) is 8.61. The lowest BCUT2D eigenvalue weighted by molar-refractivity contribution is -0.151. The zero-order valence-electron chi connectivity index (χ0n) is 16.1. The summed E-state index contributed by atoms with van der Waals surface area (Å²) >= 11 is 0. The third kappa shape index (κ3) is 6.90. The van der Waals surface area contributed by atoms with E-state index in [1.807, 2.05) is 25.8 Å². The van der Waals surface area contributed by atoms with Gasteiger partial charge < -0.3 is 9.47 Å². The largest absolute Gasteiger partial charge is 0.468 e. The second-order valence-electron chi connectivity index (χ2n) is 6.86. The number of hydrogen-bond donors (Lipinski definition) is 0. The molecule has 0 aromatic carbocycles. The van der Waals surface area contributed by atoms with Gasteiger partial charge in [0, 0.05) is 0 Å². The van der Waals surface area contributed by atoms with Gasteiger partial charge in [0.05, 0.1) is 19.6 Å². The van der Waals surface area contributed by atoms with E-state index in [4.69, 9.17) is 9.47 Å². The molecule has 0 spiro atoms. The molecule has 0 fully saturated rings. The Hall–Kier alpha value is -1.10. The van der Waals surface area contributed by atoms with Crippen LogP contribution in [0.3, 0.4) is 0 Å². The van der Waals surface area contributed by atoms with Crippen LogP contribution >= 0.6 is 0 Å². The van der Waals surface area contributed by atoms with E-state index in [0.717, 1.165) is 13.0 Å². The number of carbonyl (C=O) groups excluding carboxylic acids is 2.